The Morgan fingerprint density at radius 1 is 0.944 bits per heavy atom. The molecule has 0 fully saturated rings. The lowest BCUT2D eigenvalue weighted by molar-refractivity contribution is -0.123. The lowest BCUT2D eigenvalue weighted by Gasteiger charge is -2.17. The van der Waals surface area contributed by atoms with E-state index in [2.05, 4.69) is 5.32 Å². The predicted molar refractivity (Wildman–Crippen MR) is 138 cm³/mol. The summed E-state index contributed by atoms with van der Waals surface area (Å²) in [5, 5.41) is 3.64. The molecule has 36 heavy (non-hydrogen) atoms. The number of hydrogen-bond acceptors (Lipinski definition) is 4. The van der Waals surface area contributed by atoms with E-state index in [1.54, 1.807) is 36.4 Å². The number of fused-ring (bicyclic) bond motifs is 1. The molecule has 6 nitrogen and oxygen atoms in total. The molecule has 4 aromatic rings. The molecule has 1 N–H and O–H groups in total. The zero-order valence-electron chi connectivity index (χ0n) is 20.4. The van der Waals surface area contributed by atoms with Crippen molar-refractivity contribution in [2.45, 2.75) is 26.3 Å². The van der Waals surface area contributed by atoms with Crippen LogP contribution in [0.4, 0.5) is 4.39 Å². The Morgan fingerprint density at radius 3 is 2.44 bits per heavy atom. The van der Waals surface area contributed by atoms with Gasteiger partial charge >= 0.3 is 0 Å². The Morgan fingerprint density at radius 2 is 1.69 bits per heavy atom. The Balaban J connectivity index is 1.48. The molecule has 0 aliphatic carbocycles. The maximum Gasteiger partial charge on any atom is 0.258 e. The summed E-state index contributed by atoms with van der Waals surface area (Å²) in [7, 11) is 0. The number of hydrogen-bond donors (Lipinski definition) is 1. The number of rotatable bonds is 10. The highest BCUT2D eigenvalue weighted by atomic mass is 19.1. The van der Waals surface area contributed by atoms with Crippen molar-refractivity contribution in [2.75, 3.05) is 19.8 Å². The first-order chi connectivity index (χ1) is 17.4. The standard InChI is InChI=1S/C29H29FN2O4/c1-20(2)25-17-29(34)32(18-21-8-6-7-11-26(21)30)27-16-23(12-13-24(25)27)36-19-28(33)31-14-15-35-22-9-4-3-5-10-22/h3-13,16-17,20H,14-15,18-19H2,1-2H3,(H,31,33). The van der Waals surface area contributed by atoms with Crippen molar-refractivity contribution < 1.29 is 18.7 Å². The highest BCUT2D eigenvalue weighted by Gasteiger charge is 2.14. The number of nitrogens with one attached hydrogen (secondary N) is 1. The van der Waals surface area contributed by atoms with Crippen LogP contribution in [0.1, 0.15) is 30.9 Å². The molecule has 1 aromatic heterocycles. The maximum absolute atomic E-state index is 14.3. The molecule has 3 aromatic carbocycles. The van der Waals surface area contributed by atoms with Crippen LogP contribution in [0.2, 0.25) is 0 Å². The molecule has 0 saturated heterocycles. The van der Waals surface area contributed by atoms with E-state index in [4.69, 9.17) is 9.47 Å². The maximum atomic E-state index is 14.3. The summed E-state index contributed by atoms with van der Waals surface area (Å²) in [6.45, 7) is 4.63. The molecular weight excluding hydrogens is 459 g/mol. The van der Waals surface area contributed by atoms with Gasteiger partial charge in [0.15, 0.2) is 6.61 Å². The summed E-state index contributed by atoms with van der Waals surface area (Å²) in [6, 6.07) is 22.8. The fraction of sp³-hybridized carbons (Fsp3) is 0.241. The second-order valence-corrected chi connectivity index (χ2v) is 8.75. The fourth-order valence-corrected chi connectivity index (χ4v) is 3.99. The average molecular weight is 489 g/mol. The number of halogens is 1. The third-order valence-electron chi connectivity index (χ3n) is 5.83. The number of carbonyl (C=O) groups excluding carboxylic acids is 1. The number of para-hydroxylation sites is 1. The topological polar surface area (TPSA) is 69.6 Å². The summed E-state index contributed by atoms with van der Waals surface area (Å²) in [6.07, 6.45) is 0. The minimum atomic E-state index is -0.370. The lowest BCUT2D eigenvalue weighted by Crippen LogP contribution is -2.32. The van der Waals surface area contributed by atoms with E-state index in [-0.39, 0.29) is 36.4 Å². The normalized spacial score (nSPS) is 11.0. The van der Waals surface area contributed by atoms with Gasteiger partial charge in [-0.2, -0.15) is 0 Å². The molecule has 0 radical (unpaired) electrons. The minimum absolute atomic E-state index is 0.0890. The van der Waals surface area contributed by atoms with Crippen molar-refractivity contribution >= 4 is 16.8 Å². The van der Waals surface area contributed by atoms with Crippen LogP contribution in [0.5, 0.6) is 11.5 Å². The van der Waals surface area contributed by atoms with E-state index in [1.807, 2.05) is 50.2 Å². The van der Waals surface area contributed by atoms with Crippen molar-refractivity contribution in [1.29, 1.82) is 0 Å². The second-order valence-electron chi connectivity index (χ2n) is 8.75. The van der Waals surface area contributed by atoms with Crippen molar-refractivity contribution in [2.24, 2.45) is 0 Å². The Labute approximate surface area is 209 Å². The number of ether oxygens (including phenoxy) is 2. The molecule has 0 atom stereocenters. The van der Waals surface area contributed by atoms with Crippen molar-refractivity contribution in [1.82, 2.24) is 9.88 Å². The van der Waals surface area contributed by atoms with Gasteiger partial charge in [0.1, 0.15) is 23.9 Å². The van der Waals surface area contributed by atoms with Gasteiger partial charge in [0.05, 0.1) is 18.6 Å². The number of benzene rings is 3. The van der Waals surface area contributed by atoms with Crippen LogP contribution in [0, 0.1) is 5.82 Å². The van der Waals surface area contributed by atoms with Crippen LogP contribution in [0.3, 0.4) is 0 Å². The molecule has 7 heteroatoms. The number of amides is 1. The summed E-state index contributed by atoms with van der Waals surface area (Å²) >= 11 is 0. The summed E-state index contributed by atoms with van der Waals surface area (Å²) in [5.74, 6) is 0.651. The molecule has 0 aliphatic heterocycles. The first-order valence-corrected chi connectivity index (χ1v) is 11.9. The third kappa shape index (κ3) is 6.10. The van der Waals surface area contributed by atoms with E-state index < -0.39 is 0 Å². The smallest absolute Gasteiger partial charge is 0.258 e. The number of carbonyl (C=O) groups is 1. The van der Waals surface area contributed by atoms with Gasteiger partial charge in [0.2, 0.25) is 0 Å². The molecule has 0 saturated carbocycles. The molecule has 186 valence electrons. The highest BCUT2D eigenvalue weighted by Crippen LogP contribution is 2.28. The molecule has 1 amide bonds. The Bertz CT molecular complexity index is 1400. The first-order valence-electron chi connectivity index (χ1n) is 11.9. The summed E-state index contributed by atoms with van der Waals surface area (Å²) < 4.78 is 27.2. The number of pyridine rings is 1. The van der Waals surface area contributed by atoms with Crippen LogP contribution < -0.4 is 20.3 Å². The average Bonchev–Trinajstić information content (AvgIpc) is 2.88. The number of nitrogens with zero attached hydrogens (tertiary/aromatic N) is 1. The van der Waals surface area contributed by atoms with Crippen LogP contribution in [-0.4, -0.2) is 30.2 Å². The quantitative estimate of drug-likeness (QED) is 0.323. The molecule has 4 rings (SSSR count). The zero-order valence-corrected chi connectivity index (χ0v) is 20.4. The van der Waals surface area contributed by atoms with Gasteiger partial charge < -0.3 is 19.4 Å². The van der Waals surface area contributed by atoms with Crippen LogP contribution in [-0.2, 0) is 11.3 Å². The van der Waals surface area contributed by atoms with E-state index >= 15 is 0 Å². The van der Waals surface area contributed by atoms with Crippen molar-refractivity contribution in [3.63, 3.8) is 0 Å². The van der Waals surface area contributed by atoms with Gasteiger partial charge in [-0.05, 0) is 41.8 Å². The van der Waals surface area contributed by atoms with Crippen molar-refractivity contribution in [3.8, 4) is 11.5 Å². The van der Waals surface area contributed by atoms with E-state index in [0.29, 0.717) is 30.0 Å². The van der Waals surface area contributed by atoms with E-state index in [9.17, 15) is 14.0 Å². The molecule has 0 unspecified atom stereocenters. The number of aromatic nitrogens is 1. The van der Waals surface area contributed by atoms with Crippen LogP contribution in [0.25, 0.3) is 10.9 Å². The fourth-order valence-electron chi connectivity index (χ4n) is 3.99. The van der Waals surface area contributed by atoms with Crippen LogP contribution >= 0.6 is 0 Å². The summed E-state index contributed by atoms with van der Waals surface area (Å²) in [4.78, 5) is 25.3. The van der Waals surface area contributed by atoms with E-state index in [0.717, 1.165) is 16.7 Å². The largest absolute Gasteiger partial charge is 0.492 e. The Hall–Kier alpha value is -4.13. The lowest BCUT2D eigenvalue weighted by atomic mass is 9.98. The molecular formula is C29H29FN2O4. The first kappa shape index (κ1) is 25.0. The zero-order chi connectivity index (χ0) is 25.5. The van der Waals surface area contributed by atoms with E-state index in [1.165, 1.54) is 10.6 Å². The molecule has 0 aliphatic rings. The Kier molecular flexibility index (Phi) is 8.00. The molecule has 0 bridgehead atoms. The van der Waals surface area contributed by atoms with Gasteiger partial charge in [0, 0.05) is 23.1 Å². The van der Waals surface area contributed by atoms with Gasteiger partial charge in [-0.25, -0.2) is 4.39 Å². The second kappa shape index (κ2) is 11.5. The molecule has 1 heterocycles. The predicted octanol–water partition coefficient (Wildman–Crippen LogP) is 4.89. The highest BCUT2D eigenvalue weighted by molar-refractivity contribution is 5.85. The minimum Gasteiger partial charge on any atom is -0.492 e. The summed E-state index contributed by atoms with van der Waals surface area (Å²) in [5.41, 5.74) is 1.73. The van der Waals surface area contributed by atoms with Gasteiger partial charge in [-0.3, -0.25) is 9.59 Å². The third-order valence-corrected chi connectivity index (χ3v) is 5.83. The monoisotopic (exact) mass is 488 g/mol. The van der Waals surface area contributed by atoms with Gasteiger partial charge in [-0.15, -0.1) is 0 Å². The molecule has 0 spiro atoms. The van der Waals surface area contributed by atoms with Gasteiger partial charge in [-0.1, -0.05) is 50.2 Å². The van der Waals surface area contributed by atoms with Crippen molar-refractivity contribution in [3.05, 3.63) is 106 Å². The van der Waals surface area contributed by atoms with Gasteiger partial charge in [0.25, 0.3) is 11.5 Å². The van der Waals surface area contributed by atoms with Crippen LogP contribution in [0.15, 0.2) is 83.7 Å². The SMILES string of the molecule is CC(C)c1cc(=O)n(Cc2ccccc2F)c2cc(OCC(=O)NCCOc3ccccc3)ccc12.